The molecule has 1 atom stereocenters. The second-order valence-corrected chi connectivity index (χ2v) is 5.69. The molecule has 0 aromatic carbocycles. The van der Waals surface area contributed by atoms with Gasteiger partial charge in [-0.25, -0.2) is 4.98 Å². The third-order valence-corrected chi connectivity index (χ3v) is 4.03. The van der Waals surface area contributed by atoms with Crippen LogP contribution in [-0.4, -0.2) is 24.3 Å². The van der Waals surface area contributed by atoms with Gasteiger partial charge in [-0.2, -0.15) is 0 Å². The predicted octanol–water partition coefficient (Wildman–Crippen LogP) is 2.95. The van der Waals surface area contributed by atoms with Crippen molar-refractivity contribution in [2.75, 3.05) is 18.0 Å². The maximum atomic E-state index is 7.17. The number of piperidine rings is 1. The Morgan fingerprint density at radius 1 is 1.47 bits per heavy atom. The average molecular weight is 231 g/mol. The fourth-order valence-corrected chi connectivity index (χ4v) is 2.33. The van der Waals surface area contributed by atoms with E-state index in [4.69, 9.17) is 5.41 Å². The minimum atomic E-state index is 0.347. The van der Waals surface area contributed by atoms with Gasteiger partial charge >= 0.3 is 0 Å². The molecule has 0 saturated carbocycles. The van der Waals surface area contributed by atoms with Crippen LogP contribution in [0.5, 0.6) is 0 Å². The number of nitrogens with one attached hydrogen (secondary N) is 1. The number of pyridine rings is 1. The molecule has 1 unspecified atom stereocenters. The van der Waals surface area contributed by atoms with Crippen LogP contribution in [0.4, 0.5) is 5.82 Å². The predicted molar refractivity (Wildman–Crippen MR) is 71.9 cm³/mol. The first kappa shape index (κ1) is 12.1. The largest absolute Gasteiger partial charge is 0.356 e. The Kier molecular flexibility index (Phi) is 3.18. The average Bonchev–Trinajstić information content (AvgIpc) is 2.33. The number of hydrogen-bond donors (Lipinski definition) is 1. The van der Waals surface area contributed by atoms with Crippen molar-refractivity contribution in [1.82, 2.24) is 4.98 Å². The van der Waals surface area contributed by atoms with Gasteiger partial charge in [-0.1, -0.05) is 20.8 Å². The van der Waals surface area contributed by atoms with Crippen LogP contribution in [-0.2, 0) is 0 Å². The lowest BCUT2D eigenvalue weighted by molar-refractivity contribution is 0.193. The summed E-state index contributed by atoms with van der Waals surface area (Å²) in [6.45, 7) is 9.14. The molecule has 2 heterocycles. The molecule has 0 bridgehead atoms. The highest BCUT2D eigenvalue weighted by Gasteiger charge is 2.33. The summed E-state index contributed by atoms with van der Waals surface area (Å²) in [6, 6.07) is 3.98. The van der Waals surface area contributed by atoms with Gasteiger partial charge in [-0.3, -0.25) is 0 Å². The SMILES string of the molecule is CC1CCN(c2ccc(C=N)cn2)CC1(C)C. The number of rotatable bonds is 2. The highest BCUT2D eigenvalue weighted by molar-refractivity contribution is 5.76. The molecule has 92 valence electrons. The first-order valence-corrected chi connectivity index (χ1v) is 6.24. The van der Waals surface area contributed by atoms with Crippen LogP contribution in [0.1, 0.15) is 32.8 Å². The third kappa shape index (κ3) is 2.48. The van der Waals surface area contributed by atoms with Crippen molar-refractivity contribution in [2.45, 2.75) is 27.2 Å². The summed E-state index contributed by atoms with van der Waals surface area (Å²) in [5.74, 6) is 1.80. The van der Waals surface area contributed by atoms with Gasteiger partial charge < -0.3 is 10.3 Å². The van der Waals surface area contributed by atoms with Crippen LogP contribution < -0.4 is 4.90 Å². The molecule has 1 fully saturated rings. The first-order chi connectivity index (χ1) is 8.03. The van der Waals surface area contributed by atoms with Gasteiger partial charge in [0.1, 0.15) is 5.82 Å². The van der Waals surface area contributed by atoms with Crippen molar-refractivity contribution in [3.05, 3.63) is 23.9 Å². The molecule has 0 amide bonds. The molecule has 3 heteroatoms. The van der Waals surface area contributed by atoms with Crippen LogP contribution in [0.15, 0.2) is 18.3 Å². The molecular weight excluding hydrogens is 210 g/mol. The van der Waals surface area contributed by atoms with E-state index >= 15 is 0 Å². The number of hydrogen-bond acceptors (Lipinski definition) is 3. The van der Waals surface area contributed by atoms with E-state index in [1.54, 1.807) is 6.20 Å². The Morgan fingerprint density at radius 2 is 2.24 bits per heavy atom. The summed E-state index contributed by atoms with van der Waals surface area (Å²) in [7, 11) is 0. The fraction of sp³-hybridized carbons (Fsp3) is 0.571. The Labute approximate surface area is 103 Å². The van der Waals surface area contributed by atoms with E-state index in [0.29, 0.717) is 5.41 Å². The number of anilines is 1. The van der Waals surface area contributed by atoms with Gasteiger partial charge in [-0.15, -0.1) is 0 Å². The van der Waals surface area contributed by atoms with Crippen molar-refractivity contribution >= 4 is 12.0 Å². The molecule has 17 heavy (non-hydrogen) atoms. The summed E-state index contributed by atoms with van der Waals surface area (Å²) < 4.78 is 0. The summed E-state index contributed by atoms with van der Waals surface area (Å²) in [4.78, 5) is 6.79. The maximum absolute atomic E-state index is 7.17. The van der Waals surface area contributed by atoms with E-state index in [1.165, 1.54) is 12.6 Å². The molecule has 1 aromatic heterocycles. The second kappa shape index (κ2) is 4.47. The smallest absolute Gasteiger partial charge is 0.128 e. The zero-order chi connectivity index (χ0) is 12.5. The Hall–Kier alpha value is -1.38. The van der Waals surface area contributed by atoms with Gasteiger partial charge in [0, 0.05) is 31.1 Å². The highest BCUT2D eigenvalue weighted by atomic mass is 15.2. The van der Waals surface area contributed by atoms with Crippen molar-refractivity contribution in [2.24, 2.45) is 11.3 Å². The van der Waals surface area contributed by atoms with E-state index in [1.807, 2.05) is 12.1 Å². The Bertz CT molecular complexity index is 394. The number of aromatic nitrogens is 1. The van der Waals surface area contributed by atoms with E-state index in [9.17, 15) is 0 Å². The fourth-order valence-electron chi connectivity index (χ4n) is 2.33. The van der Waals surface area contributed by atoms with Crippen LogP contribution >= 0.6 is 0 Å². The standard InChI is InChI=1S/C14H21N3/c1-11-6-7-17(10-14(11,2)3)13-5-4-12(8-15)9-16-13/h4-5,8-9,11,15H,6-7,10H2,1-3H3. The molecule has 0 radical (unpaired) electrons. The van der Waals surface area contributed by atoms with Crippen LogP contribution in [0.25, 0.3) is 0 Å². The third-order valence-electron chi connectivity index (χ3n) is 4.03. The lowest BCUT2D eigenvalue weighted by Gasteiger charge is -2.43. The first-order valence-electron chi connectivity index (χ1n) is 6.24. The minimum absolute atomic E-state index is 0.347. The van der Waals surface area contributed by atoms with Crippen molar-refractivity contribution in [1.29, 1.82) is 5.41 Å². The van der Waals surface area contributed by atoms with Crippen molar-refractivity contribution in [3.63, 3.8) is 0 Å². The Morgan fingerprint density at radius 3 is 2.76 bits per heavy atom. The Balaban J connectivity index is 2.15. The zero-order valence-electron chi connectivity index (χ0n) is 10.9. The quantitative estimate of drug-likeness (QED) is 0.795. The minimum Gasteiger partial charge on any atom is -0.356 e. The molecule has 1 aliphatic heterocycles. The van der Waals surface area contributed by atoms with Gasteiger partial charge in [0.15, 0.2) is 0 Å². The van der Waals surface area contributed by atoms with Crippen LogP contribution in [0, 0.1) is 16.7 Å². The molecule has 0 spiro atoms. The highest BCUT2D eigenvalue weighted by Crippen LogP contribution is 2.35. The summed E-state index contributed by atoms with van der Waals surface area (Å²) in [5.41, 5.74) is 1.21. The van der Waals surface area contributed by atoms with E-state index < -0.39 is 0 Å². The number of nitrogens with zero attached hydrogens (tertiary/aromatic N) is 2. The molecule has 1 aliphatic rings. The molecule has 1 aromatic rings. The summed E-state index contributed by atoms with van der Waals surface area (Å²) >= 11 is 0. The molecule has 3 nitrogen and oxygen atoms in total. The molecule has 0 aliphatic carbocycles. The second-order valence-electron chi connectivity index (χ2n) is 5.69. The topological polar surface area (TPSA) is 40.0 Å². The van der Waals surface area contributed by atoms with E-state index in [-0.39, 0.29) is 0 Å². The van der Waals surface area contributed by atoms with E-state index in [0.717, 1.165) is 30.4 Å². The van der Waals surface area contributed by atoms with Gasteiger partial charge in [0.2, 0.25) is 0 Å². The monoisotopic (exact) mass is 231 g/mol. The normalized spacial score (nSPS) is 23.5. The van der Waals surface area contributed by atoms with Crippen LogP contribution in [0.3, 0.4) is 0 Å². The molecular formula is C14H21N3. The van der Waals surface area contributed by atoms with Crippen LogP contribution in [0.2, 0.25) is 0 Å². The lowest BCUT2D eigenvalue weighted by Crippen LogP contribution is -2.45. The van der Waals surface area contributed by atoms with Gasteiger partial charge in [0.05, 0.1) is 0 Å². The maximum Gasteiger partial charge on any atom is 0.128 e. The lowest BCUT2D eigenvalue weighted by atomic mass is 9.75. The van der Waals surface area contributed by atoms with Gasteiger partial charge in [0.25, 0.3) is 0 Å². The van der Waals surface area contributed by atoms with E-state index in [2.05, 4.69) is 30.7 Å². The molecule has 2 rings (SSSR count). The van der Waals surface area contributed by atoms with Crippen molar-refractivity contribution < 1.29 is 0 Å². The zero-order valence-corrected chi connectivity index (χ0v) is 10.9. The van der Waals surface area contributed by atoms with Crippen molar-refractivity contribution in [3.8, 4) is 0 Å². The summed E-state index contributed by atoms with van der Waals surface area (Å²) in [6.07, 6.45) is 4.33. The molecule has 1 N–H and O–H groups in total. The molecule has 1 saturated heterocycles. The summed E-state index contributed by atoms with van der Waals surface area (Å²) in [5, 5.41) is 7.17. The van der Waals surface area contributed by atoms with Gasteiger partial charge in [-0.05, 0) is 29.9 Å².